The Bertz CT molecular complexity index is 808. The van der Waals surface area contributed by atoms with Gasteiger partial charge in [0.2, 0.25) is 0 Å². The number of ether oxygens (including phenoxy) is 1. The maximum Gasteiger partial charge on any atom is 0.469 e. The van der Waals surface area contributed by atoms with Crippen molar-refractivity contribution in [3.05, 3.63) is 12.7 Å². The van der Waals surface area contributed by atoms with Gasteiger partial charge < -0.3 is 29.6 Å². The molecule has 0 aliphatic carbocycles. The number of phosphoric acid groups is 1. The number of anilines is 1. The number of phosphoric ester groups is 1. The summed E-state index contributed by atoms with van der Waals surface area (Å²) in [5, 5.41) is 20.3. The lowest BCUT2D eigenvalue weighted by molar-refractivity contribution is -0.0504. The van der Waals surface area contributed by atoms with Crippen LogP contribution >= 0.6 is 7.82 Å². The second kappa shape index (κ2) is 6.57. The maximum atomic E-state index is 10.8. The fraction of sp³-hybridized carbons (Fsp3) is 0.583. The average molecular weight is 375 g/mol. The lowest BCUT2D eigenvalue weighted by atomic mass is 10.1. The van der Waals surface area contributed by atoms with E-state index in [1.807, 2.05) is 0 Å². The summed E-state index contributed by atoms with van der Waals surface area (Å²) in [7, 11) is -1.13. The highest BCUT2D eigenvalue weighted by Gasteiger charge is 2.45. The Balaban J connectivity index is 1.88. The Labute approximate surface area is 141 Å². The molecule has 0 saturated carbocycles. The molecule has 1 aliphatic rings. The molecule has 0 amide bonds. The normalized spacial score (nSPS) is 27.1. The third-order valence-corrected chi connectivity index (χ3v) is 4.27. The van der Waals surface area contributed by atoms with Crippen LogP contribution < -0.4 is 4.90 Å². The first-order valence-corrected chi connectivity index (χ1v) is 8.78. The molecule has 2 aromatic heterocycles. The number of nitrogens with zero attached hydrogens (tertiary/aromatic N) is 5. The number of hydrogen-bond acceptors (Lipinski definition) is 9. The number of hydrogen-bond donors (Lipinski definition) is 4. The molecule has 25 heavy (non-hydrogen) atoms. The van der Waals surface area contributed by atoms with E-state index in [2.05, 4.69) is 19.5 Å². The first-order chi connectivity index (χ1) is 11.7. The van der Waals surface area contributed by atoms with Crippen molar-refractivity contribution in [3.8, 4) is 0 Å². The molecule has 138 valence electrons. The summed E-state index contributed by atoms with van der Waals surface area (Å²) < 4.78 is 22.1. The third-order valence-electron chi connectivity index (χ3n) is 3.78. The predicted octanol–water partition coefficient (Wildman–Crippen LogP) is -1.38. The number of imidazole rings is 1. The van der Waals surface area contributed by atoms with Gasteiger partial charge in [0, 0.05) is 14.1 Å². The molecule has 0 bridgehead atoms. The van der Waals surface area contributed by atoms with E-state index in [4.69, 9.17) is 14.5 Å². The molecule has 3 rings (SSSR count). The summed E-state index contributed by atoms with van der Waals surface area (Å²) in [6.07, 6.45) is -2.21. The Morgan fingerprint density at radius 3 is 2.64 bits per heavy atom. The van der Waals surface area contributed by atoms with Crippen LogP contribution in [0.25, 0.3) is 11.2 Å². The number of rotatable bonds is 5. The third kappa shape index (κ3) is 3.51. The van der Waals surface area contributed by atoms with Crippen LogP contribution in [0.15, 0.2) is 12.7 Å². The van der Waals surface area contributed by atoms with E-state index in [0.29, 0.717) is 17.0 Å². The topological polar surface area (TPSA) is 163 Å². The molecule has 0 radical (unpaired) electrons. The van der Waals surface area contributed by atoms with Crippen LogP contribution in [0.1, 0.15) is 6.23 Å². The molecule has 3 heterocycles. The van der Waals surface area contributed by atoms with Gasteiger partial charge in [0.1, 0.15) is 24.6 Å². The number of aliphatic hydroxyl groups is 2. The molecule has 1 saturated heterocycles. The standard InChI is InChI=1S/C12H18N5O7P/c1-16(2)10-7-11(14-4-13-10)17(5-15-7)12-9(19)8(18)6(24-12)3-23-25(20,21)22/h4-6,8-9,12,18-19H,3H2,1-2H3,(H2,20,21,22)/t6-,8-,9-,12-/m1/s1. The van der Waals surface area contributed by atoms with Gasteiger partial charge in [-0.1, -0.05) is 0 Å². The molecular weight excluding hydrogens is 357 g/mol. The van der Waals surface area contributed by atoms with Gasteiger partial charge in [0.15, 0.2) is 23.2 Å². The summed E-state index contributed by atoms with van der Waals surface area (Å²) in [6, 6.07) is 0. The highest BCUT2D eigenvalue weighted by Crippen LogP contribution is 2.38. The van der Waals surface area contributed by atoms with Gasteiger partial charge in [-0.05, 0) is 0 Å². The quantitative estimate of drug-likeness (QED) is 0.455. The first-order valence-electron chi connectivity index (χ1n) is 7.25. The van der Waals surface area contributed by atoms with Gasteiger partial charge in [0.25, 0.3) is 0 Å². The molecule has 4 atom stereocenters. The smallest absolute Gasteiger partial charge is 0.387 e. The Morgan fingerprint density at radius 1 is 1.28 bits per heavy atom. The largest absolute Gasteiger partial charge is 0.469 e. The van der Waals surface area contributed by atoms with Crippen LogP contribution in [-0.2, 0) is 13.8 Å². The van der Waals surface area contributed by atoms with E-state index in [1.165, 1.54) is 17.2 Å². The number of aromatic nitrogens is 4. The first kappa shape index (κ1) is 18.1. The SMILES string of the molecule is CN(C)c1ncnc2c1ncn2[C@@H]1O[C@H](COP(=O)(O)O)[C@@H](O)[C@H]1O. The van der Waals surface area contributed by atoms with E-state index in [-0.39, 0.29) is 0 Å². The molecule has 13 heteroatoms. The average Bonchev–Trinajstić information content (AvgIpc) is 3.07. The van der Waals surface area contributed by atoms with Crippen molar-refractivity contribution >= 4 is 24.8 Å². The second-order valence-electron chi connectivity index (χ2n) is 5.75. The zero-order chi connectivity index (χ0) is 18.4. The minimum Gasteiger partial charge on any atom is -0.387 e. The molecule has 0 aromatic carbocycles. The van der Waals surface area contributed by atoms with Crippen LogP contribution in [0.3, 0.4) is 0 Å². The second-order valence-corrected chi connectivity index (χ2v) is 6.99. The molecule has 4 N–H and O–H groups in total. The minimum atomic E-state index is -4.72. The Hall–Kier alpha value is -1.66. The van der Waals surface area contributed by atoms with Gasteiger partial charge in [0.05, 0.1) is 12.9 Å². The molecule has 2 aromatic rings. The van der Waals surface area contributed by atoms with Crippen LogP contribution in [-0.4, -0.2) is 78.5 Å². The summed E-state index contributed by atoms with van der Waals surface area (Å²) >= 11 is 0. The van der Waals surface area contributed by atoms with Crippen molar-refractivity contribution in [1.82, 2.24) is 19.5 Å². The summed E-state index contributed by atoms with van der Waals surface area (Å²) in [6.45, 7) is -0.580. The molecule has 0 unspecified atom stereocenters. The highest BCUT2D eigenvalue weighted by molar-refractivity contribution is 7.46. The fourth-order valence-electron chi connectivity index (χ4n) is 2.62. The van der Waals surface area contributed by atoms with E-state index in [9.17, 15) is 14.8 Å². The van der Waals surface area contributed by atoms with Crippen LogP contribution in [0, 0.1) is 0 Å². The van der Waals surface area contributed by atoms with E-state index in [0.717, 1.165) is 0 Å². The van der Waals surface area contributed by atoms with Gasteiger partial charge in [-0.3, -0.25) is 9.09 Å². The Morgan fingerprint density at radius 2 is 2.00 bits per heavy atom. The van der Waals surface area contributed by atoms with Crippen LogP contribution in [0.5, 0.6) is 0 Å². The van der Waals surface area contributed by atoms with Crippen LogP contribution in [0.4, 0.5) is 5.82 Å². The molecule has 0 spiro atoms. The zero-order valence-electron chi connectivity index (χ0n) is 13.4. The van der Waals surface area contributed by atoms with E-state index < -0.39 is 39.0 Å². The molecule has 12 nitrogen and oxygen atoms in total. The number of fused-ring (bicyclic) bond motifs is 1. The maximum absolute atomic E-state index is 10.8. The van der Waals surface area contributed by atoms with Gasteiger partial charge in [-0.15, -0.1) is 0 Å². The molecular formula is C12H18N5O7P. The van der Waals surface area contributed by atoms with E-state index >= 15 is 0 Å². The van der Waals surface area contributed by atoms with Gasteiger partial charge in [-0.25, -0.2) is 19.5 Å². The van der Waals surface area contributed by atoms with E-state index in [1.54, 1.807) is 19.0 Å². The zero-order valence-corrected chi connectivity index (χ0v) is 14.3. The summed E-state index contributed by atoms with van der Waals surface area (Å²) in [4.78, 5) is 31.7. The predicted molar refractivity (Wildman–Crippen MR) is 83.6 cm³/mol. The fourth-order valence-corrected chi connectivity index (χ4v) is 2.96. The van der Waals surface area contributed by atoms with Gasteiger partial charge >= 0.3 is 7.82 Å². The van der Waals surface area contributed by atoms with Crippen molar-refractivity contribution in [2.24, 2.45) is 0 Å². The minimum absolute atomic E-state index is 0.381. The summed E-state index contributed by atoms with van der Waals surface area (Å²) in [5.74, 6) is 0.568. The summed E-state index contributed by atoms with van der Waals surface area (Å²) in [5.41, 5.74) is 0.860. The number of aliphatic hydroxyl groups excluding tert-OH is 2. The lowest BCUT2D eigenvalue weighted by Crippen LogP contribution is -2.33. The van der Waals surface area contributed by atoms with Gasteiger partial charge in [-0.2, -0.15) is 0 Å². The molecule has 1 aliphatic heterocycles. The van der Waals surface area contributed by atoms with Crippen molar-refractivity contribution in [2.75, 3.05) is 25.6 Å². The molecule has 1 fully saturated rings. The monoisotopic (exact) mass is 375 g/mol. The Kier molecular flexibility index (Phi) is 4.77. The van der Waals surface area contributed by atoms with Crippen LogP contribution in [0.2, 0.25) is 0 Å². The van der Waals surface area contributed by atoms with Crippen molar-refractivity contribution in [1.29, 1.82) is 0 Å². The lowest BCUT2D eigenvalue weighted by Gasteiger charge is -2.17. The van der Waals surface area contributed by atoms with Crippen molar-refractivity contribution < 1.29 is 33.8 Å². The van der Waals surface area contributed by atoms with Crippen molar-refractivity contribution in [2.45, 2.75) is 24.5 Å². The van der Waals surface area contributed by atoms with Crippen molar-refractivity contribution in [3.63, 3.8) is 0 Å². The highest BCUT2D eigenvalue weighted by atomic mass is 31.2.